The molecule has 2 aromatic carbocycles. The highest BCUT2D eigenvalue weighted by atomic mass is 19.2. The van der Waals surface area contributed by atoms with Crippen LogP contribution in [0.4, 0.5) is 8.78 Å². The van der Waals surface area contributed by atoms with Gasteiger partial charge in [-0.3, -0.25) is 0 Å². The number of benzene rings is 2. The zero-order chi connectivity index (χ0) is 23.3. The van der Waals surface area contributed by atoms with Gasteiger partial charge in [0.25, 0.3) is 0 Å². The third kappa shape index (κ3) is 6.61. The number of β-amino-alcohol motifs (C(OH)–C–C–N with tert-alkyl or cyclic N) is 1. The predicted octanol–water partition coefficient (Wildman–Crippen LogP) is 3.98. The van der Waals surface area contributed by atoms with Gasteiger partial charge in [-0.05, 0) is 73.9 Å². The van der Waals surface area contributed by atoms with Crippen molar-refractivity contribution in [3.63, 3.8) is 0 Å². The van der Waals surface area contributed by atoms with Gasteiger partial charge in [0.1, 0.15) is 12.7 Å². The molecule has 1 aliphatic carbocycles. The monoisotopic (exact) mass is 445 g/mol. The Morgan fingerprint density at radius 1 is 1.25 bits per heavy atom. The Bertz CT molecular complexity index is 965. The topological polar surface area (TPSA) is 78.8 Å². The summed E-state index contributed by atoms with van der Waals surface area (Å²) >= 11 is 0. The van der Waals surface area contributed by atoms with Crippen molar-refractivity contribution in [3.8, 4) is 5.75 Å². The molecule has 172 valence electrons. The van der Waals surface area contributed by atoms with Crippen LogP contribution < -0.4 is 10.1 Å². The second kappa shape index (κ2) is 10.2. The van der Waals surface area contributed by atoms with Crippen LogP contribution in [0.25, 0.3) is 6.08 Å². The first kappa shape index (κ1) is 23.9. The van der Waals surface area contributed by atoms with Crippen LogP contribution in [0.1, 0.15) is 37.0 Å². The maximum absolute atomic E-state index is 14.0. The smallest absolute Gasteiger partial charge is 0.328 e. The van der Waals surface area contributed by atoms with E-state index in [0.717, 1.165) is 37.5 Å². The number of fused-ring (bicyclic) bond motifs is 1. The minimum Gasteiger partial charge on any atom is -0.488 e. The van der Waals surface area contributed by atoms with Crippen molar-refractivity contribution in [3.05, 3.63) is 70.8 Å². The maximum atomic E-state index is 14.0. The summed E-state index contributed by atoms with van der Waals surface area (Å²) in [4.78, 5) is 10.6. The molecular formula is C25H29F2NO4. The number of aliphatic hydroxyl groups is 1. The van der Waals surface area contributed by atoms with Gasteiger partial charge in [0.2, 0.25) is 5.82 Å². The Morgan fingerprint density at radius 3 is 2.53 bits per heavy atom. The molecule has 0 saturated heterocycles. The van der Waals surface area contributed by atoms with Gasteiger partial charge in [0, 0.05) is 18.2 Å². The standard InChI is InChI=1S/C25H29F2NO4/c1-25(2,13-17-9-18-5-3-4-6-19(18)10-17)28-14-20(29)15-32-22-12-16(7-8-23(30)31)11-21(26)24(22)27/h3-8,11-12,17,20,28-29H,9-10,13-15H2,1-2H3,(H,30,31)/b8-7+/t20-/m1/s1. The van der Waals surface area contributed by atoms with Crippen molar-refractivity contribution in [2.45, 2.75) is 44.8 Å². The van der Waals surface area contributed by atoms with E-state index in [4.69, 9.17) is 9.84 Å². The molecule has 0 bridgehead atoms. The van der Waals surface area contributed by atoms with Crippen LogP contribution in [0.3, 0.4) is 0 Å². The fourth-order valence-electron chi connectivity index (χ4n) is 4.18. The van der Waals surface area contributed by atoms with Gasteiger partial charge < -0.3 is 20.3 Å². The van der Waals surface area contributed by atoms with E-state index in [1.165, 1.54) is 17.2 Å². The number of ether oxygens (including phenoxy) is 1. The Morgan fingerprint density at radius 2 is 1.91 bits per heavy atom. The Balaban J connectivity index is 1.49. The molecule has 1 atom stereocenters. The number of carboxylic acids is 1. The zero-order valence-electron chi connectivity index (χ0n) is 18.3. The largest absolute Gasteiger partial charge is 0.488 e. The normalized spacial score (nSPS) is 15.2. The van der Waals surface area contributed by atoms with E-state index < -0.39 is 23.7 Å². The molecule has 7 heteroatoms. The van der Waals surface area contributed by atoms with Crippen LogP contribution in [0.15, 0.2) is 42.5 Å². The number of carboxylic acid groups (broad SMARTS) is 1. The van der Waals surface area contributed by atoms with E-state index in [1.54, 1.807) is 0 Å². The lowest BCUT2D eigenvalue weighted by atomic mass is 9.88. The third-order valence-corrected chi connectivity index (χ3v) is 5.62. The van der Waals surface area contributed by atoms with Gasteiger partial charge in [-0.1, -0.05) is 24.3 Å². The summed E-state index contributed by atoms with van der Waals surface area (Å²) in [6.07, 6.45) is 4.05. The SMILES string of the molecule is CC(C)(CC1Cc2ccccc2C1)NC[C@@H](O)COc1cc(/C=C/C(=O)O)cc(F)c1F. The molecule has 0 unspecified atom stereocenters. The fraction of sp³-hybridized carbons (Fsp3) is 0.400. The number of halogens is 2. The lowest BCUT2D eigenvalue weighted by Gasteiger charge is -2.30. The summed E-state index contributed by atoms with van der Waals surface area (Å²) in [5, 5.41) is 22.3. The van der Waals surface area contributed by atoms with Gasteiger partial charge in [-0.15, -0.1) is 0 Å². The molecule has 0 amide bonds. The number of hydrogen-bond donors (Lipinski definition) is 3. The number of nitrogens with one attached hydrogen (secondary N) is 1. The van der Waals surface area contributed by atoms with Gasteiger partial charge >= 0.3 is 5.97 Å². The Labute approximate surface area is 186 Å². The second-order valence-corrected chi connectivity index (χ2v) is 8.96. The van der Waals surface area contributed by atoms with Gasteiger partial charge in [0.15, 0.2) is 11.6 Å². The van der Waals surface area contributed by atoms with Crippen molar-refractivity contribution in [2.24, 2.45) is 5.92 Å². The highest BCUT2D eigenvalue weighted by Crippen LogP contribution is 2.32. The lowest BCUT2D eigenvalue weighted by Crippen LogP contribution is -2.46. The van der Waals surface area contributed by atoms with Crippen LogP contribution >= 0.6 is 0 Å². The second-order valence-electron chi connectivity index (χ2n) is 8.96. The summed E-state index contributed by atoms with van der Waals surface area (Å²) < 4.78 is 33.1. The predicted molar refractivity (Wildman–Crippen MR) is 119 cm³/mol. The van der Waals surface area contributed by atoms with Crippen LogP contribution in [0.2, 0.25) is 0 Å². The minimum absolute atomic E-state index is 0.146. The minimum atomic E-state index is -1.21. The first-order valence-electron chi connectivity index (χ1n) is 10.7. The van der Waals surface area contributed by atoms with E-state index in [9.17, 15) is 18.7 Å². The number of rotatable bonds is 10. The lowest BCUT2D eigenvalue weighted by molar-refractivity contribution is -0.131. The van der Waals surface area contributed by atoms with E-state index in [-0.39, 0.29) is 30.0 Å². The average Bonchev–Trinajstić information content (AvgIpc) is 3.13. The molecule has 0 heterocycles. The maximum Gasteiger partial charge on any atom is 0.328 e. The summed E-state index contributed by atoms with van der Waals surface area (Å²) in [6, 6.07) is 10.5. The average molecular weight is 446 g/mol. The molecule has 0 aromatic heterocycles. The molecule has 1 aliphatic rings. The molecule has 3 rings (SSSR count). The van der Waals surface area contributed by atoms with Gasteiger partial charge in [-0.25, -0.2) is 9.18 Å². The highest BCUT2D eigenvalue weighted by molar-refractivity contribution is 5.85. The summed E-state index contributed by atoms with van der Waals surface area (Å²) in [5.74, 6) is -3.39. The van der Waals surface area contributed by atoms with Gasteiger partial charge in [0.05, 0.1) is 0 Å². The Hall–Kier alpha value is -2.77. The van der Waals surface area contributed by atoms with Crippen molar-refractivity contribution in [2.75, 3.05) is 13.2 Å². The molecule has 0 radical (unpaired) electrons. The molecule has 2 aromatic rings. The third-order valence-electron chi connectivity index (χ3n) is 5.62. The number of aliphatic carboxylic acids is 1. The van der Waals surface area contributed by atoms with Crippen LogP contribution in [0.5, 0.6) is 5.75 Å². The van der Waals surface area contributed by atoms with Gasteiger partial charge in [-0.2, -0.15) is 4.39 Å². The first-order chi connectivity index (χ1) is 15.1. The fourth-order valence-corrected chi connectivity index (χ4v) is 4.18. The Kier molecular flexibility index (Phi) is 7.64. The van der Waals surface area contributed by atoms with E-state index in [2.05, 4.69) is 43.4 Å². The van der Waals surface area contributed by atoms with Crippen LogP contribution in [-0.2, 0) is 17.6 Å². The number of hydrogen-bond acceptors (Lipinski definition) is 4. The zero-order valence-corrected chi connectivity index (χ0v) is 18.3. The molecule has 0 saturated carbocycles. The first-order valence-corrected chi connectivity index (χ1v) is 10.7. The van der Waals surface area contributed by atoms with Crippen molar-refractivity contribution in [1.29, 1.82) is 0 Å². The molecule has 5 nitrogen and oxygen atoms in total. The van der Waals surface area contributed by atoms with Crippen molar-refractivity contribution >= 4 is 12.0 Å². The molecular weight excluding hydrogens is 416 g/mol. The molecule has 0 aliphatic heterocycles. The van der Waals surface area contributed by atoms with E-state index in [1.807, 2.05) is 0 Å². The molecule has 3 N–H and O–H groups in total. The van der Waals surface area contributed by atoms with Crippen molar-refractivity contribution < 1.29 is 28.5 Å². The molecule has 0 fully saturated rings. The van der Waals surface area contributed by atoms with E-state index in [0.29, 0.717) is 5.92 Å². The highest BCUT2D eigenvalue weighted by Gasteiger charge is 2.28. The quantitative estimate of drug-likeness (QED) is 0.482. The number of aliphatic hydroxyl groups excluding tert-OH is 1. The summed E-state index contributed by atoms with van der Waals surface area (Å²) in [7, 11) is 0. The summed E-state index contributed by atoms with van der Waals surface area (Å²) in [6.45, 7) is 4.16. The number of carbonyl (C=O) groups is 1. The van der Waals surface area contributed by atoms with Crippen LogP contribution in [0, 0.1) is 17.6 Å². The molecule has 0 spiro atoms. The van der Waals surface area contributed by atoms with E-state index >= 15 is 0 Å². The molecule has 32 heavy (non-hydrogen) atoms. The van der Waals surface area contributed by atoms with Crippen LogP contribution in [-0.4, -0.2) is 41.0 Å². The summed E-state index contributed by atoms with van der Waals surface area (Å²) in [5.41, 5.74) is 2.73. The van der Waals surface area contributed by atoms with Crippen molar-refractivity contribution in [1.82, 2.24) is 5.32 Å².